The first-order valence-electron chi connectivity index (χ1n) is 3.93. The average Bonchev–Trinajstić information content (AvgIpc) is 1.79. The monoisotopic (exact) mass is 320 g/mol. The van der Waals surface area contributed by atoms with E-state index in [1.807, 2.05) is 28.5 Å². The van der Waals surface area contributed by atoms with Crippen LogP contribution in [-0.4, -0.2) is 20.3 Å². The normalized spacial score (nSPS) is 17.3. The van der Waals surface area contributed by atoms with Crippen molar-refractivity contribution in [2.24, 2.45) is 0 Å². The van der Waals surface area contributed by atoms with Crippen LogP contribution in [0.2, 0.25) is 0 Å². The first-order valence-corrected chi connectivity index (χ1v) is 5.01. The van der Waals surface area contributed by atoms with Crippen LogP contribution in [0.25, 0.3) is 0 Å². The third kappa shape index (κ3) is 4.05. The highest BCUT2D eigenvalue weighted by atomic mass is 127. The summed E-state index contributed by atoms with van der Waals surface area (Å²) in [5.41, 5.74) is -2.77. The SMILES string of the molecule is C#CCC(O)(CC(C)(C)I)C(F)(F)F. The molecule has 0 saturated heterocycles. The number of hydrogen-bond donors (Lipinski definition) is 1. The Balaban J connectivity index is 4.85. The van der Waals surface area contributed by atoms with Crippen LogP contribution in [0.5, 0.6) is 0 Å². The summed E-state index contributed by atoms with van der Waals surface area (Å²) in [5, 5.41) is 9.41. The number of terminal acetylenes is 1. The Morgan fingerprint density at radius 3 is 2.00 bits per heavy atom. The van der Waals surface area contributed by atoms with Crippen LogP contribution in [0.3, 0.4) is 0 Å². The molecule has 0 fully saturated rings. The Hall–Kier alpha value is 0.0400. The fourth-order valence-electron chi connectivity index (χ4n) is 1.13. The van der Waals surface area contributed by atoms with Crippen LogP contribution >= 0.6 is 22.6 Å². The van der Waals surface area contributed by atoms with E-state index < -0.39 is 28.0 Å². The summed E-state index contributed by atoms with van der Waals surface area (Å²) < 4.78 is 36.8. The van der Waals surface area contributed by atoms with Crippen molar-refractivity contribution in [3.05, 3.63) is 0 Å². The second kappa shape index (κ2) is 4.27. The molecule has 0 heterocycles. The van der Waals surface area contributed by atoms with Crippen LogP contribution in [0.1, 0.15) is 26.7 Å². The van der Waals surface area contributed by atoms with Crippen molar-refractivity contribution in [1.82, 2.24) is 0 Å². The standard InChI is InChI=1S/C9H12F3IO/c1-4-5-8(14,9(10,11)12)6-7(2,3)13/h1,14H,5-6H2,2-3H3. The second-order valence-electron chi connectivity index (χ2n) is 3.81. The van der Waals surface area contributed by atoms with Gasteiger partial charge in [-0.15, -0.1) is 12.3 Å². The quantitative estimate of drug-likeness (QED) is 0.482. The molecule has 0 aliphatic heterocycles. The van der Waals surface area contributed by atoms with Gasteiger partial charge in [0.2, 0.25) is 0 Å². The summed E-state index contributed by atoms with van der Waals surface area (Å²) in [6, 6.07) is 0. The van der Waals surface area contributed by atoms with E-state index in [1.54, 1.807) is 13.8 Å². The molecule has 0 aromatic carbocycles. The summed E-state index contributed by atoms with van der Waals surface area (Å²) in [4.78, 5) is 0. The van der Waals surface area contributed by atoms with E-state index in [0.717, 1.165) is 0 Å². The minimum Gasteiger partial charge on any atom is -0.380 e. The number of halogens is 4. The smallest absolute Gasteiger partial charge is 0.380 e. The first kappa shape index (κ1) is 14.0. The van der Waals surface area contributed by atoms with Gasteiger partial charge in [-0.1, -0.05) is 36.4 Å². The lowest BCUT2D eigenvalue weighted by Crippen LogP contribution is -2.48. The molecule has 0 radical (unpaired) electrons. The molecular formula is C9H12F3IO. The Morgan fingerprint density at radius 1 is 1.36 bits per heavy atom. The maximum Gasteiger partial charge on any atom is 0.418 e. The predicted octanol–water partition coefficient (Wildman–Crippen LogP) is 2.91. The molecule has 0 spiro atoms. The van der Waals surface area contributed by atoms with Crippen molar-refractivity contribution in [2.75, 3.05) is 0 Å². The van der Waals surface area contributed by atoms with E-state index in [1.165, 1.54) is 0 Å². The van der Waals surface area contributed by atoms with Gasteiger partial charge in [-0.2, -0.15) is 13.2 Å². The first-order chi connectivity index (χ1) is 6.02. The summed E-state index contributed by atoms with van der Waals surface area (Å²) >= 11 is 1.85. The molecule has 0 bridgehead atoms. The van der Waals surface area contributed by atoms with E-state index in [-0.39, 0.29) is 0 Å². The molecule has 14 heavy (non-hydrogen) atoms. The highest BCUT2D eigenvalue weighted by molar-refractivity contribution is 14.1. The summed E-state index contributed by atoms with van der Waals surface area (Å²) in [5.74, 6) is 1.86. The molecule has 0 amide bonds. The fourth-order valence-corrected chi connectivity index (χ4v) is 1.76. The molecule has 1 atom stereocenters. The average molecular weight is 320 g/mol. The summed E-state index contributed by atoms with van der Waals surface area (Å²) in [6.45, 7) is 3.22. The maximum atomic E-state index is 12.5. The van der Waals surface area contributed by atoms with Gasteiger partial charge in [-0.05, 0) is 0 Å². The van der Waals surface area contributed by atoms with Crippen molar-refractivity contribution in [1.29, 1.82) is 0 Å². The molecule has 0 aromatic rings. The Morgan fingerprint density at radius 2 is 1.79 bits per heavy atom. The molecule has 0 aliphatic carbocycles. The zero-order valence-electron chi connectivity index (χ0n) is 7.95. The molecule has 0 aliphatic rings. The van der Waals surface area contributed by atoms with Gasteiger partial charge in [-0.25, -0.2) is 0 Å². The van der Waals surface area contributed by atoms with Crippen molar-refractivity contribution < 1.29 is 18.3 Å². The number of alkyl halides is 4. The zero-order chi connectivity index (χ0) is 11.6. The van der Waals surface area contributed by atoms with E-state index in [9.17, 15) is 18.3 Å². The Kier molecular flexibility index (Phi) is 4.28. The molecule has 1 unspecified atom stereocenters. The van der Waals surface area contributed by atoms with E-state index in [2.05, 4.69) is 0 Å². The zero-order valence-corrected chi connectivity index (χ0v) is 10.1. The summed E-state index contributed by atoms with van der Waals surface area (Å²) in [7, 11) is 0. The number of aliphatic hydroxyl groups is 1. The largest absolute Gasteiger partial charge is 0.418 e. The van der Waals surface area contributed by atoms with Gasteiger partial charge < -0.3 is 5.11 Å². The van der Waals surface area contributed by atoms with Gasteiger partial charge in [0.25, 0.3) is 0 Å². The van der Waals surface area contributed by atoms with Crippen LogP contribution in [0.4, 0.5) is 13.2 Å². The third-order valence-electron chi connectivity index (χ3n) is 1.63. The lowest BCUT2D eigenvalue weighted by atomic mass is 9.89. The minimum atomic E-state index is -4.68. The topological polar surface area (TPSA) is 20.2 Å². The van der Waals surface area contributed by atoms with Gasteiger partial charge >= 0.3 is 6.18 Å². The van der Waals surface area contributed by atoms with Crippen molar-refractivity contribution in [2.45, 2.75) is 41.9 Å². The fraction of sp³-hybridized carbons (Fsp3) is 0.778. The van der Waals surface area contributed by atoms with Gasteiger partial charge in [0.05, 0.1) is 0 Å². The van der Waals surface area contributed by atoms with Gasteiger partial charge in [0.15, 0.2) is 5.60 Å². The van der Waals surface area contributed by atoms with Crippen molar-refractivity contribution >= 4 is 22.6 Å². The molecule has 82 valence electrons. The predicted molar refractivity (Wildman–Crippen MR) is 57.2 cm³/mol. The van der Waals surface area contributed by atoms with Crippen LogP contribution in [-0.2, 0) is 0 Å². The second-order valence-corrected chi connectivity index (χ2v) is 6.73. The lowest BCUT2D eigenvalue weighted by molar-refractivity contribution is -0.261. The van der Waals surface area contributed by atoms with Crippen molar-refractivity contribution in [3.63, 3.8) is 0 Å². The van der Waals surface area contributed by atoms with Gasteiger partial charge in [-0.3, -0.25) is 0 Å². The molecule has 0 aromatic heterocycles. The van der Waals surface area contributed by atoms with Crippen LogP contribution in [0.15, 0.2) is 0 Å². The molecule has 1 nitrogen and oxygen atoms in total. The van der Waals surface area contributed by atoms with E-state index in [0.29, 0.717) is 0 Å². The molecule has 1 N–H and O–H groups in total. The minimum absolute atomic E-state index is 0.408. The highest BCUT2D eigenvalue weighted by Gasteiger charge is 2.54. The Bertz CT molecular complexity index is 236. The number of hydrogen-bond acceptors (Lipinski definition) is 1. The summed E-state index contributed by atoms with van der Waals surface area (Å²) in [6.07, 6.45) is -0.975. The Labute approximate surface area is 95.2 Å². The van der Waals surface area contributed by atoms with Crippen LogP contribution in [0, 0.1) is 12.3 Å². The number of rotatable bonds is 3. The van der Waals surface area contributed by atoms with E-state index in [4.69, 9.17) is 6.42 Å². The van der Waals surface area contributed by atoms with Crippen molar-refractivity contribution in [3.8, 4) is 12.3 Å². The molecule has 5 heteroatoms. The third-order valence-corrected chi connectivity index (χ3v) is 2.02. The van der Waals surface area contributed by atoms with Gasteiger partial charge in [0.1, 0.15) is 0 Å². The lowest BCUT2D eigenvalue weighted by Gasteiger charge is -2.33. The van der Waals surface area contributed by atoms with Gasteiger partial charge in [0, 0.05) is 16.3 Å². The molecule has 0 saturated carbocycles. The molecular weight excluding hydrogens is 308 g/mol. The van der Waals surface area contributed by atoms with Crippen LogP contribution < -0.4 is 0 Å². The highest BCUT2D eigenvalue weighted by Crippen LogP contribution is 2.41. The van der Waals surface area contributed by atoms with E-state index >= 15 is 0 Å². The molecule has 0 rings (SSSR count). The maximum absolute atomic E-state index is 12.5.